The fourth-order valence-corrected chi connectivity index (χ4v) is 1.67. The molecule has 0 amide bonds. The third-order valence-corrected chi connectivity index (χ3v) is 2.64. The zero-order chi connectivity index (χ0) is 13.0. The van der Waals surface area contributed by atoms with Crippen LogP contribution in [0.5, 0.6) is 5.75 Å². The maximum atomic E-state index is 12.7. The Morgan fingerprint density at radius 3 is 2.56 bits per heavy atom. The Labute approximate surface area is 109 Å². The van der Waals surface area contributed by atoms with Crippen LogP contribution in [0.1, 0.15) is 15.9 Å². The number of aldehydes is 1. The summed E-state index contributed by atoms with van der Waals surface area (Å²) in [5.74, 6) is 0.164. The lowest BCUT2D eigenvalue weighted by molar-refractivity contribution is 0.111. The standard InChI is InChI=1S/C14H10ClFO2/c15-12-3-6-14(11(7-12)8-17)18-9-10-1-4-13(16)5-2-10/h1-8H,9H2. The van der Waals surface area contributed by atoms with Gasteiger partial charge in [0.25, 0.3) is 0 Å². The van der Waals surface area contributed by atoms with Crippen LogP contribution in [-0.4, -0.2) is 6.29 Å². The maximum absolute atomic E-state index is 12.7. The lowest BCUT2D eigenvalue weighted by atomic mass is 10.2. The molecule has 0 aliphatic heterocycles. The van der Waals surface area contributed by atoms with E-state index in [2.05, 4.69) is 0 Å². The molecular weight excluding hydrogens is 255 g/mol. The lowest BCUT2D eigenvalue weighted by Gasteiger charge is -2.08. The summed E-state index contributed by atoms with van der Waals surface area (Å²) in [5, 5.41) is 0.478. The van der Waals surface area contributed by atoms with Crippen LogP contribution in [0.2, 0.25) is 5.02 Å². The summed E-state index contributed by atoms with van der Waals surface area (Å²) < 4.78 is 18.2. The van der Waals surface area contributed by atoms with Crippen LogP contribution >= 0.6 is 11.6 Å². The van der Waals surface area contributed by atoms with E-state index in [1.807, 2.05) is 0 Å². The zero-order valence-electron chi connectivity index (χ0n) is 9.40. The second-order valence-electron chi connectivity index (χ2n) is 3.72. The summed E-state index contributed by atoms with van der Waals surface area (Å²) >= 11 is 5.77. The summed E-state index contributed by atoms with van der Waals surface area (Å²) in [4.78, 5) is 10.8. The van der Waals surface area contributed by atoms with Gasteiger partial charge in [-0.25, -0.2) is 4.39 Å². The van der Waals surface area contributed by atoms with E-state index in [0.29, 0.717) is 22.6 Å². The number of benzene rings is 2. The van der Waals surface area contributed by atoms with Gasteiger partial charge in [-0.3, -0.25) is 4.79 Å². The van der Waals surface area contributed by atoms with Crippen LogP contribution in [0.4, 0.5) is 4.39 Å². The van der Waals surface area contributed by atoms with Crippen molar-refractivity contribution in [2.75, 3.05) is 0 Å². The lowest BCUT2D eigenvalue weighted by Crippen LogP contribution is -1.98. The number of halogens is 2. The molecule has 0 saturated carbocycles. The highest BCUT2D eigenvalue weighted by Gasteiger charge is 2.04. The van der Waals surface area contributed by atoms with E-state index in [1.54, 1.807) is 24.3 Å². The van der Waals surface area contributed by atoms with Crippen LogP contribution in [0.15, 0.2) is 42.5 Å². The van der Waals surface area contributed by atoms with E-state index >= 15 is 0 Å². The van der Waals surface area contributed by atoms with Gasteiger partial charge in [-0.1, -0.05) is 23.7 Å². The van der Waals surface area contributed by atoms with E-state index in [0.717, 1.165) is 5.56 Å². The van der Waals surface area contributed by atoms with Gasteiger partial charge >= 0.3 is 0 Å². The van der Waals surface area contributed by atoms with Crippen LogP contribution in [0.3, 0.4) is 0 Å². The third-order valence-electron chi connectivity index (χ3n) is 2.41. The van der Waals surface area contributed by atoms with Gasteiger partial charge < -0.3 is 4.74 Å². The molecule has 18 heavy (non-hydrogen) atoms. The van der Waals surface area contributed by atoms with Crippen LogP contribution in [0, 0.1) is 5.82 Å². The molecule has 0 fully saturated rings. The Kier molecular flexibility index (Phi) is 3.95. The van der Waals surface area contributed by atoms with E-state index in [-0.39, 0.29) is 12.4 Å². The number of carbonyl (C=O) groups excluding carboxylic acids is 1. The Hall–Kier alpha value is -1.87. The Bertz CT molecular complexity index is 552. The van der Waals surface area contributed by atoms with Gasteiger partial charge in [0, 0.05) is 5.02 Å². The first kappa shape index (κ1) is 12.6. The smallest absolute Gasteiger partial charge is 0.153 e. The van der Waals surface area contributed by atoms with Crippen molar-refractivity contribution in [1.29, 1.82) is 0 Å². The van der Waals surface area contributed by atoms with Gasteiger partial charge in [-0.2, -0.15) is 0 Å². The highest BCUT2D eigenvalue weighted by Crippen LogP contribution is 2.22. The fourth-order valence-electron chi connectivity index (χ4n) is 1.48. The quantitative estimate of drug-likeness (QED) is 0.784. The minimum absolute atomic E-state index is 0.267. The first-order chi connectivity index (χ1) is 8.69. The predicted molar refractivity (Wildman–Crippen MR) is 67.6 cm³/mol. The second kappa shape index (κ2) is 5.65. The van der Waals surface area contributed by atoms with E-state index in [4.69, 9.17) is 16.3 Å². The van der Waals surface area contributed by atoms with Crippen molar-refractivity contribution in [3.8, 4) is 5.75 Å². The van der Waals surface area contributed by atoms with Gasteiger partial charge in [0.05, 0.1) is 5.56 Å². The van der Waals surface area contributed by atoms with Crippen LogP contribution < -0.4 is 4.74 Å². The van der Waals surface area contributed by atoms with Crippen molar-refractivity contribution in [1.82, 2.24) is 0 Å². The molecule has 92 valence electrons. The topological polar surface area (TPSA) is 26.3 Å². The molecule has 0 aliphatic carbocycles. The van der Waals surface area contributed by atoms with E-state index in [1.165, 1.54) is 18.2 Å². The second-order valence-corrected chi connectivity index (χ2v) is 4.15. The molecule has 0 heterocycles. The summed E-state index contributed by atoms with van der Waals surface area (Å²) in [6.07, 6.45) is 0.686. The molecule has 2 nitrogen and oxygen atoms in total. The average Bonchev–Trinajstić information content (AvgIpc) is 2.39. The number of hydrogen-bond acceptors (Lipinski definition) is 2. The Balaban J connectivity index is 2.10. The van der Waals surface area contributed by atoms with E-state index in [9.17, 15) is 9.18 Å². The van der Waals surface area contributed by atoms with Crippen molar-refractivity contribution in [2.24, 2.45) is 0 Å². The number of hydrogen-bond donors (Lipinski definition) is 0. The molecular formula is C14H10ClFO2. The molecule has 0 unspecified atom stereocenters. The molecule has 0 bridgehead atoms. The summed E-state index contributed by atoms with van der Waals surface area (Å²) in [7, 11) is 0. The Morgan fingerprint density at radius 1 is 1.17 bits per heavy atom. The number of carbonyl (C=O) groups is 1. The highest BCUT2D eigenvalue weighted by atomic mass is 35.5. The van der Waals surface area contributed by atoms with Crippen molar-refractivity contribution >= 4 is 17.9 Å². The van der Waals surface area contributed by atoms with Gasteiger partial charge in [-0.05, 0) is 35.9 Å². The van der Waals surface area contributed by atoms with Crippen molar-refractivity contribution < 1.29 is 13.9 Å². The van der Waals surface area contributed by atoms with Gasteiger partial charge in [0.1, 0.15) is 18.2 Å². The normalized spacial score (nSPS) is 10.1. The average molecular weight is 265 g/mol. The van der Waals surface area contributed by atoms with Gasteiger partial charge in [-0.15, -0.1) is 0 Å². The minimum Gasteiger partial charge on any atom is -0.488 e. The molecule has 2 aromatic rings. The molecule has 0 aliphatic rings. The molecule has 2 rings (SSSR count). The molecule has 0 spiro atoms. The molecule has 4 heteroatoms. The van der Waals surface area contributed by atoms with Crippen molar-refractivity contribution in [3.05, 3.63) is 64.4 Å². The first-order valence-corrected chi connectivity index (χ1v) is 5.69. The molecule has 0 radical (unpaired) electrons. The predicted octanol–water partition coefficient (Wildman–Crippen LogP) is 3.87. The summed E-state index contributed by atoms with van der Waals surface area (Å²) in [6, 6.07) is 10.8. The number of rotatable bonds is 4. The Morgan fingerprint density at radius 2 is 1.89 bits per heavy atom. The fraction of sp³-hybridized carbons (Fsp3) is 0.0714. The molecule has 0 aromatic heterocycles. The summed E-state index contributed by atoms with van der Waals surface area (Å²) in [6.45, 7) is 0.267. The molecule has 0 atom stereocenters. The summed E-state index contributed by atoms with van der Waals surface area (Å²) in [5.41, 5.74) is 1.22. The monoisotopic (exact) mass is 264 g/mol. The molecule has 2 aromatic carbocycles. The van der Waals surface area contributed by atoms with Crippen molar-refractivity contribution in [3.63, 3.8) is 0 Å². The highest BCUT2D eigenvalue weighted by molar-refractivity contribution is 6.30. The van der Waals surface area contributed by atoms with Crippen LogP contribution in [-0.2, 0) is 6.61 Å². The van der Waals surface area contributed by atoms with Crippen molar-refractivity contribution in [2.45, 2.75) is 6.61 Å². The van der Waals surface area contributed by atoms with E-state index < -0.39 is 0 Å². The SMILES string of the molecule is O=Cc1cc(Cl)ccc1OCc1ccc(F)cc1. The maximum Gasteiger partial charge on any atom is 0.153 e. The molecule has 0 N–H and O–H groups in total. The minimum atomic E-state index is -0.293. The third kappa shape index (κ3) is 3.08. The number of ether oxygens (including phenoxy) is 1. The van der Waals surface area contributed by atoms with Crippen LogP contribution in [0.25, 0.3) is 0 Å². The molecule has 0 saturated heterocycles. The zero-order valence-corrected chi connectivity index (χ0v) is 10.2. The van der Waals surface area contributed by atoms with Gasteiger partial charge in [0.2, 0.25) is 0 Å². The first-order valence-electron chi connectivity index (χ1n) is 5.31. The largest absolute Gasteiger partial charge is 0.488 e. The van der Waals surface area contributed by atoms with Gasteiger partial charge in [0.15, 0.2) is 6.29 Å².